The largest absolute Gasteiger partial charge is 0.497 e. The van der Waals surface area contributed by atoms with Crippen LogP contribution in [0.5, 0.6) is 11.5 Å². The first kappa shape index (κ1) is 18.5. The molecule has 4 heteroatoms. The Bertz CT molecular complexity index is 913. The number of hydrogen-bond acceptors (Lipinski definition) is 3. The summed E-state index contributed by atoms with van der Waals surface area (Å²) in [5.41, 5.74) is 10.7. The van der Waals surface area contributed by atoms with Gasteiger partial charge in [0, 0.05) is 12.5 Å². The lowest BCUT2D eigenvalue weighted by Gasteiger charge is -2.14. The summed E-state index contributed by atoms with van der Waals surface area (Å²) < 4.78 is 10.8. The van der Waals surface area contributed by atoms with Crippen LogP contribution in [0.15, 0.2) is 66.7 Å². The predicted molar refractivity (Wildman–Crippen MR) is 108 cm³/mol. The maximum absolute atomic E-state index is 11.4. The topological polar surface area (TPSA) is 61.6 Å². The molecule has 4 nitrogen and oxygen atoms in total. The van der Waals surface area contributed by atoms with Crippen LogP contribution in [0.25, 0.3) is 22.3 Å². The van der Waals surface area contributed by atoms with Gasteiger partial charge in [-0.15, -0.1) is 0 Å². The first-order valence-corrected chi connectivity index (χ1v) is 8.81. The normalized spacial score (nSPS) is 10.4. The number of aryl methyl sites for hydroxylation is 1. The highest BCUT2D eigenvalue weighted by atomic mass is 16.5. The maximum atomic E-state index is 11.4. The van der Waals surface area contributed by atoms with E-state index in [2.05, 4.69) is 30.3 Å². The number of rotatable bonds is 7. The molecule has 0 aliphatic carbocycles. The molecule has 0 spiro atoms. The summed E-state index contributed by atoms with van der Waals surface area (Å²) in [6.45, 7) is 0. The highest BCUT2D eigenvalue weighted by Gasteiger charge is 2.11. The highest BCUT2D eigenvalue weighted by molar-refractivity contribution is 5.78. The number of amides is 1. The van der Waals surface area contributed by atoms with Crippen molar-refractivity contribution in [2.75, 3.05) is 14.2 Å². The minimum absolute atomic E-state index is 0.298. The zero-order valence-corrected chi connectivity index (χ0v) is 15.6. The summed E-state index contributed by atoms with van der Waals surface area (Å²) >= 11 is 0. The molecule has 0 aliphatic rings. The fourth-order valence-electron chi connectivity index (χ4n) is 3.11. The second-order valence-electron chi connectivity index (χ2n) is 6.31. The number of ether oxygens (including phenoxy) is 2. The van der Waals surface area contributed by atoms with Crippen LogP contribution in [0.2, 0.25) is 0 Å². The van der Waals surface area contributed by atoms with Gasteiger partial charge in [0.25, 0.3) is 0 Å². The van der Waals surface area contributed by atoms with Crippen LogP contribution >= 0.6 is 0 Å². The highest BCUT2D eigenvalue weighted by Crippen LogP contribution is 2.34. The molecule has 0 aliphatic heterocycles. The van der Waals surface area contributed by atoms with Crippen molar-refractivity contribution >= 4 is 5.91 Å². The summed E-state index contributed by atoms with van der Waals surface area (Å²) in [6.07, 6.45) is 0.872. The standard InChI is InChI=1S/C23H23NO3/c1-26-20-13-19(14-21(15-20)27-2)22-10-8-17(16-6-4-3-5-7-16)12-18(22)9-11-23(24)25/h3-8,10,12-15H,9,11H2,1-2H3,(H2,24,25). The summed E-state index contributed by atoms with van der Waals surface area (Å²) in [4.78, 5) is 11.4. The van der Waals surface area contributed by atoms with Gasteiger partial charge in [0.2, 0.25) is 5.91 Å². The maximum Gasteiger partial charge on any atom is 0.217 e. The Labute approximate surface area is 159 Å². The molecule has 2 N–H and O–H groups in total. The molecule has 0 bridgehead atoms. The number of carbonyl (C=O) groups excluding carboxylic acids is 1. The number of benzene rings is 3. The Morgan fingerprint density at radius 1 is 0.815 bits per heavy atom. The third kappa shape index (κ3) is 4.47. The van der Waals surface area contributed by atoms with Gasteiger partial charge >= 0.3 is 0 Å². The minimum Gasteiger partial charge on any atom is -0.497 e. The van der Waals surface area contributed by atoms with E-state index in [1.807, 2.05) is 36.4 Å². The van der Waals surface area contributed by atoms with Crippen LogP contribution < -0.4 is 15.2 Å². The Balaban J connectivity index is 2.10. The van der Waals surface area contributed by atoms with E-state index in [4.69, 9.17) is 15.2 Å². The monoisotopic (exact) mass is 361 g/mol. The van der Waals surface area contributed by atoms with Gasteiger partial charge < -0.3 is 15.2 Å². The smallest absolute Gasteiger partial charge is 0.217 e. The van der Waals surface area contributed by atoms with Crippen molar-refractivity contribution in [2.45, 2.75) is 12.8 Å². The van der Waals surface area contributed by atoms with Gasteiger partial charge in [0.05, 0.1) is 14.2 Å². The molecule has 0 heterocycles. The first-order chi connectivity index (χ1) is 13.1. The summed E-state index contributed by atoms with van der Waals surface area (Å²) in [5, 5.41) is 0. The van der Waals surface area contributed by atoms with Crippen LogP contribution in [0.1, 0.15) is 12.0 Å². The molecule has 0 fully saturated rings. The molecule has 138 valence electrons. The molecule has 0 aromatic heterocycles. The van der Waals surface area contributed by atoms with Gasteiger partial charge in [-0.05, 0) is 46.4 Å². The van der Waals surface area contributed by atoms with Gasteiger partial charge in [0.15, 0.2) is 0 Å². The van der Waals surface area contributed by atoms with Crippen molar-refractivity contribution in [3.8, 4) is 33.8 Å². The van der Waals surface area contributed by atoms with Crippen molar-refractivity contribution in [1.82, 2.24) is 0 Å². The van der Waals surface area contributed by atoms with E-state index in [9.17, 15) is 4.79 Å². The zero-order valence-electron chi connectivity index (χ0n) is 15.6. The molecular formula is C23H23NO3. The van der Waals surface area contributed by atoms with Crippen molar-refractivity contribution in [1.29, 1.82) is 0 Å². The fraction of sp³-hybridized carbons (Fsp3) is 0.174. The molecule has 0 atom stereocenters. The third-order valence-corrected chi connectivity index (χ3v) is 4.52. The van der Waals surface area contributed by atoms with Crippen LogP contribution in [-0.4, -0.2) is 20.1 Å². The van der Waals surface area contributed by atoms with E-state index >= 15 is 0 Å². The lowest BCUT2D eigenvalue weighted by molar-refractivity contribution is -0.117. The number of nitrogens with two attached hydrogens (primary N) is 1. The molecule has 1 amide bonds. The predicted octanol–water partition coefficient (Wildman–Crippen LogP) is 4.46. The lowest BCUT2D eigenvalue weighted by atomic mass is 9.92. The van der Waals surface area contributed by atoms with Crippen LogP contribution in [0.4, 0.5) is 0 Å². The average Bonchev–Trinajstić information content (AvgIpc) is 2.72. The number of carbonyl (C=O) groups is 1. The molecule has 0 unspecified atom stereocenters. The van der Waals surface area contributed by atoms with Crippen LogP contribution in [-0.2, 0) is 11.2 Å². The average molecular weight is 361 g/mol. The molecular weight excluding hydrogens is 338 g/mol. The number of primary amides is 1. The van der Waals surface area contributed by atoms with E-state index < -0.39 is 0 Å². The van der Waals surface area contributed by atoms with Crippen molar-refractivity contribution in [2.24, 2.45) is 5.73 Å². The quantitative estimate of drug-likeness (QED) is 0.676. The van der Waals surface area contributed by atoms with E-state index in [1.165, 1.54) is 0 Å². The molecule has 0 saturated carbocycles. The Morgan fingerprint density at radius 2 is 1.48 bits per heavy atom. The second kappa shape index (κ2) is 8.41. The van der Waals surface area contributed by atoms with Crippen LogP contribution in [0.3, 0.4) is 0 Å². The van der Waals surface area contributed by atoms with E-state index in [0.717, 1.165) is 39.3 Å². The summed E-state index contributed by atoms with van der Waals surface area (Å²) in [5.74, 6) is 1.13. The van der Waals surface area contributed by atoms with E-state index in [0.29, 0.717) is 12.8 Å². The molecule has 0 saturated heterocycles. The zero-order chi connectivity index (χ0) is 19.2. The van der Waals surface area contributed by atoms with E-state index in [1.54, 1.807) is 14.2 Å². The first-order valence-electron chi connectivity index (χ1n) is 8.81. The van der Waals surface area contributed by atoms with Crippen molar-refractivity contribution < 1.29 is 14.3 Å². The van der Waals surface area contributed by atoms with Gasteiger partial charge in [-0.1, -0.05) is 48.5 Å². The molecule has 3 aromatic rings. The van der Waals surface area contributed by atoms with Gasteiger partial charge in [-0.3, -0.25) is 4.79 Å². The minimum atomic E-state index is -0.311. The second-order valence-corrected chi connectivity index (χ2v) is 6.31. The Morgan fingerprint density at radius 3 is 2.07 bits per heavy atom. The van der Waals surface area contributed by atoms with Crippen molar-refractivity contribution in [3.63, 3.8) is 0 Å². The van der Waals surface area contributed by atoms with Gasteiger partial charge in [-0.25, -0.2) is 0 Å². The molecule has 27 heavy (non-hydrogen) atoms. The number of methoxy groups -OCH3 is 2. The summed E-state index contributed by atoms with van der Waals surface area (Å²) in [7, 11) is 3.26. The Kier molecular flexibility index (Phi) is 5.77. The SMILES string of the molecule is COc1cc(OC)cc(-c2ccc(-c3ccccc3)cc2CCC(N)=O)c1. The third-order valence-electron chi connectivity index (χ3n) is 4.52. The molecule has 3 rings (SSSR count). The van der Waals surface area contributed by atoms with Crippen molar-refractivity contribution in [3.05, 3.63) is 72.3 Å². The molecule has 0 radical (unpaired) electrons. The summed E-state index contributed by atoms with van der Waals surface area (Å²) in [6, 6.07) is 22.2. The van der Waals surface area contributed by atoms with Gasteiger partial charge in [-0.2, -0.15) is 0 Å². The van der Waals surface area contributed by atoms with Gasteiger partial charge in [0.1, 0.15) is 11.5 Å². The molecule has 3 aromatic carbocycles. The number of hydrogen-bond donors (Lipinski definition) is 1. The lowest BCUT2D eigenvalue weighted by Crippen LogP contribution is -2.11. The van der Waals surface area contributed by atoms with E-state index in [-0.39, 0.29) is 5.91 Å². The fourth-order valence-corrected chi connectivity index (χ4v) is 3.11. The van der Waals surface area contributed by atoms with Crippen LogP contribution in [0, 0.1) is 0 Å². The Hall–Kier alpha value is -3.27.